The Morgan fingerprint density at radius 3 is 2.39 bits per heavy atom. The van der Waals surface area contributed by atoms with Crippen molar-refractivity contribution in [2.45, 2.75) is 12.8 Å². The second-order valence-corrected chi connectivity index (χ2v) is 8.28. The fourth-order valence-electron chi connectivity index (χ4n) is 4.18. The summed E-state index contributed by atoms with van der Waals surface area (Å²) in [5.74, 6) is 1.64. The van der Waals surface area contributed by atoms with Crippen molar-refractivity contribution in [2.75, 3.05) is 37.7 Å². The van der Waals surface area contributed by atoms with E-state index in [0.717, 1.165) is 67.1 Å². The van der Waals surface area contributed by atoms with E-state index in [-0.39, 0.29) is 0 Å². The smallest absolute Gasteiger partial charge is 0.138 e. The first-order valence-electron chi connectivity index (χ1n) is 11.5. The van der Waals surface area contributed by atoms with Crippen molar-refractivity contribution in [1.29, 1.82) is 0 Å². The molecule has 0 amide bonds. The van der Waals surface area contributed by atoms with Crippen LogP contribution in [-0.4, -0.2) is 49.0 Å². The Morgan fingerprint density at radius 2 is 1.64 bits per heavy atom. The van der Waals surface area contributed by atoms with E-state index in [0.29, 0.717) is 13.0 Å². The van der Waals surface area contributed by atoms with Gasteiger partial charge < -0.3 is 24.7 Å². The number of aromatic amines is 1. The molecule has 1 aromatic heterocycles. The van der Waals surface area contributed by atoms with Gasteiger partial charge >= 0.3 is 0 Å². The second-order valence-electron chi connectivity index (χ2n) is 8.28. The van der Waals surface area contributed by atoms with Crippen molar-refractivity contribution in [3.63, 3.8) is 0 Å². The van der Waals surface area contributed by atoms with Crippen LogP contribution in [0.5, 0.6) is 5.75 Å². The van der Waals surface area contributed by atoms with Gasteiger partial charge in [0.2, 0.25) is 0 Å². The average Bonchev–Trinajstić information content (AvgIpc) is 3.31. The van der Waals surface area contributed by atoms with Gasteiger partial charge in [-0.15, -0.1) is 0 Å². The Bertz CT molecular complexity index is 1210. The van der Waals surface area contributed by atoms with Gasteiger partial charge in [-0.1, -0.05) is 18.2 Å². The van der Waals surface area contributed by atoms with Gasteiger partial charge in [0.25, 0.3) is 0 Å². The van der Waals surface area contributed by atoms with Crippen molar-refractivity contribution < 1.29 is 9.53 Å². The predicted molar refractivity (Wildman–Crippen MR) is 133 cm³/mol. The summed E-state index contributed by atoms with van der Waals surface area (Å²) in [6, 6.07) is 23.1. The van der Waals surface area contributed by atoms with E-state index in [4.69, 9.17) is 9.72 Å². The largest absolute Gasteiger partial charge is 0.494 e. The number of rotatable bonds is 8. The fraction of sp³-hybridized carbons (Fsp3) is 0.259. The molecule has 1 aliphatic heterocycles. The van der Waals surface area contributed by atoms with Gasteiger partial charge in [0.15, 0.2) is 0 Å². The zero-order chi connectivity index (χ0) is 22.5. The lowest BCUT2D eigenvalue weighted by Crippen LogP contribution is -2.43. The molecule has 2 N–H and O–H groups in total. The van der Waals surface area contributed by atoms with Gasteiger partial charge in [0.05, 0.1) is 17.6 Å². The molecule has 0 aliphatic carbocycles. The Kier molecular flexibility index (Phi) is 6.35. The minimum Gasteiger partial charge on any atom is -0.494 e. The van der Waals surface area contributed by atoms with E-state index in [1.165, 1.54) is 16.8 Å². The lowest BCUT2D eigenvalue weighted by atomic mass is 10.0. The third kappa shape index (κ3) is 4.91. The highest BCUT2D eigenvalue weighted by Gasteiger charge is 2.11. The van der Waals surface area contributed by atoms with Crippen molar-refractivity contribution >= 4 is 23.0 Å². The molecule has 0 spiro atoms. The van der Waals surface area contributed by atoms with E-state index in [2.05, 4.69) is 57.7 Å². The van der Waals surface area contributed by atoms with Crippen molar-refractivity contribution in [1.82, 2.24) is 15.3 Å². The maximum absolute atomic E-state index is 10.4. The number of piperazine rings is 1. The first kappa shape index (κ1) is 21.2. The molecule has 0 atom stereocenters. The van der Waals surface area contributed by atoms with E-state index in [9.17, 15) is 4.79 Å². The predicted octanol–water partition coefficient (Wildman–Crippen LogP) is 4.66. The zero-order valence-electron chi connectivity index (χ0n) is 18.6. The number of fused-ring (bicyclic) bond motifs is 1. The van der Waals surface area contributed by atoms with Gasteiger partial charge in [-0.3, -0.25) is 0 Å². The van der Waals surface area contributed by atoms with E-state index in [1.54, 1.807) is 0 Å². The number of imidazole rings is 1. The minimum absolute atomic E-state index is 0.527. The third-order valence-corrected chi connectivity index (χ3v) is 6.03. The summed E-state index contributed by atoms with van der Waals surface area (Å²) in [5.41, 5.74) is 6.62. The summed E-state index contributed by atoms with van der Waals surface area (Å²) in [6.45, 7) is 4.72. The number of unbranched alkanes of at least 4 members (excludes halogenated alkanes) is 1. The molecular weight excluding hydrogens is 412 g/mol. The molecule has 168 valence electrons. The van der Waals surface area contributed by atoms with Crippen LogP contribution in [-0.2, 0) is 4.79 Å². The molecule has 1 fully saturated rings. The number of hydrogen-bond donors (Lipinski definition) is 2. The molecule has 3 aromatic carbocycles. The highest BCUT2D eigenvalue weighted by molar-refractivity contribution is 5.84. The molecule has 33 heavy (non-hydrogen) atoms. The highest BCUT2D eigenvalue weighted by atomic mass is 16.5. The Morgan fingerprint density at radius 1 is 0.909 bits per heavy atom. The summed E-state index contributed by atoms with van der Waals surface area (Å²) >= 11 is 0. The molecule has 2 heterocycles. The minimum atomic E-state index is 0.527. The molecule has 4 aromatic rings. The highest BCUT2D eigenvalue weighted by Crippen LogP contribution is 2.28. The van der Waals surface area contributed by atoms with Crippen LogP contribution in [0, 0.1) is 0 Å². The van der Waals surface area contributed by atoms with E-state index in [1.807, 2.05) is 24.3 Å². The first-order chi connectivity index (χ1) is 16.3. The Labute approximate surface area is 193 Å². The molecule has 1 aliphatic rings. The number of carbonyl (C=O) groups is 1. The van der Waals surface area contributed by atoms with Crippen molar-refractivity contribution in [3.8, 4) is 28.3 Å². The number of H-pyrrole nitrogens is 1. The summed E-state index contributed by atoms with van der Waals surface area (Å²) < 4.78 is 5.67. The standard InChI is InChI=1S/C27H28N4O2/c32-17-1-2-18-33-24-10-5-21(6-11-24)27-29-25-12-7-22(19-26(25)30-27)20-3-8-23(9-4-20)31-15-13-28-14-16-31/h3-12,17,19,28H,1-2,13-16,18H2,(H,29,30). The number of anilines is 1. The molecule has 0 saturated carbocycles. The average molecular weight is 441 g/mol. The van der Waals surface area contributed by atoms with Crippen LogP contribution >= 0.6 is 0 Å². The number of aldehydes is 1. The molecule has 5 rings (SSSR count). The van der Waals surface area contributed by atoms with Crippen LogP contribution in [0.3, 0.4) is 0 Å². The summed E-state index contributed by atoms with van der Waals surface area (Å²) in [5, 5.41) is 3.40. The number of carbonyl (C=O) groups excluding carboxylic acids is 1. The number of benzene rings is 3. The van der Waals surface area contributed by atoms with Crippen molar-refractivity contribution in [2.24, 2.45) is 0 Å². The second kappa shape index (κ2) is 9.88. The number of hydrogen-bond acceptors (Lipinski definition) is 5. The summed E-state index contributed by atoms with van der Waals surface area (Å²) in [4.78, 5) is 21.0. The molecule has 6 nitrogen and oxygen atoms in total. The van der Waals surface area contributed by atoms with Crippen LogP contribution in [0.2, 0.25) is 0 Å². The molecule has 1 saturated heterocycles. The van der Waals surface area contributed by atoms with E-state index < -0.39 is 0 Å². The topological polar surface area (TPSA) is 70.2 Å². The number of nitrogens with one attached hydrogen (secondary N) is 2. The Balaban J connectivity index is 1.31. The fourth-order valence-corrected chi connectivity index (χ4v) is 4.18. The Hall–Kier alpha value is -3.64. The van der Waals surface area contributed by atoms with Gasteiger partial charge in [0.1, 0.15) is 17.9 Å². The zero-order valence-corrected chi connectivity index (χ0v) is 18.6. The number of aromatic nitrogens is 2. The molecule has 0 unspecified atom stereocenters. The SMILES string of the molecule is O=CCCCOc1ccc(-c2nc3ccc(-c4ccc(N5CCNCC5)cc4)cc3[nH]2)cc1. The molecule has 0 radical (unpaired) electrons. The van der Waals surface area contributed by atoms with Gasteiger partial charge in [-0.2, -0.15) is 0 Å². The lowest BCUT2D eigenvalue weighted by molar-refractivity contribution is -0.108. The van der Waals surface area contributed by atoms with E-state index >= 15 is 0 Å². The normalized spacial score (nSPS) is 13.9. The number of ether oxygens (including phenoxy) is 1. The number of nitrogens with zero attached hydrogens (tertiary/aromatic N) is 2. The summed E-state index contributed by atoms with van der Waals surface area (Å²) in [7, 11) is 0. The molecule has 0 bridgehead atoms. The van der Waals surface area contributed by atoms with Crippen LogP contribution in [0.4, 0.5) is 5.69 Å². The van der Waals surface area contributed by atoms with Crippen molar-refractivity contribution in [3.05, 3.63) is 66.7 Å². The van der Waals surface area contributed by atoms with Gasteiger partial charge in [-0.25, -0.2) is 4.98 Å². The maximum atomic E-state index is 10.4. The van der Waals surface area contributed by atoms with Gasteiger partial charge in [-0.05, 0) is 66.1 Å². The van der Waals surface area contributed by atoms with Crippen LogP contribution < -0.4 is 15.0 Å². The quantitative estimate of drug-likeness (QED) is 0.308. The lowest BCUT2D eigenvalue weighted by Gasteiger charge is -2.29. The monoisotopic (exact) mass is 440 g/mol. The third-order valence-electron chi connectivity index (χ3n) is 6.03. The van der Waals surface area contributed by atoms with Crippen LogP contribution in [0.15, 0.2) is 66.7 Å². The molecular formula is C27H28N4O2. The maximum Gasteiger partial charge on any atom is 0.138 e. The summed E-state index contributed by atoms with van der Waals surface area (Å²) in [6.07, 6.45) is 2.18. The van der Waals surface area contributed by atoms with Gasteiger partial charge in [0, 0.05) is 43.9 Å². The van der Waals surface area contributed by atoms with Crippen LogP contribution in [0.1, 0.15) is 12.8 Å². The first-order valence-corrected chi connectivity index (χ1v) is 11.5. The van der Waals surface area contributed by atoms with Crippen LogP contribution in [0.25, 0.3) is 33.5 Å². The molecule has 6 heteroatoms.